The van der Waals surface area contributed by atoms with Crippen molar-refractivity contribution < 1.29 is 0 Å². The van der Waals surface area contributed by atoms with Crippen LogP contribution in [0.3, 0.4) is 0 Å². The first kappa shape index (κ1) is 14.1. The highest BCUT2D eigenvalue weighted by Gasteiger charge is 2.28. The van der Waals surface area contributed by atoms with Gasteiger partial charge >= 0.3 is 0 Å². The second-order valence-corrected chi connectivity index (χ2v) is 6.86. The van der Waals surface area contributed by atoms with Crippen molar-refractivity contribution in [3.8, 4) is 0 Å². The highest BCUT2D eigenvalue weighted by Crippen LogP contribution is 2.33. The summed E-state index contributed by atoms with van der Waals surface area (Å²) in [6.07, 6.45) is 11.1. The summed E-state index contributed by atoms with van der Waals surface area (Å²) in [4.78, 5) is 0. The first-order chi connectivity index (χ1) is 9.85. The number of aryl methyl sites for hydroxylation is 1. The zero-order chi connectivity index (χ0) is 13.8. The van der Waals surface area contributed by atoms with Crippen molar-refractivity contribution in [2.24, 2.45) is 11.8 Å². The molecule has 110 valence electrons. The third-order valence-corrected chi connectivity index (χ3v) is 5.24. The molecular weight excluding hydrogens is 242 g/mol. The van der Waals surface area contributed by atoms with Gasteiger partial charge in [-0.1, -0.05) is 56.9 Å². The average molecular weight is 271 g/mol. The molecule has 1 N–H and O–H groups in total. The molecule has 3 rings (SSSR count). The van der Waals surface area contributed by atoms with Crippen LogP contribution in [0.5, 0.6) is 0 Å². The fourth-order valence-electron chi connectivity index (χ4n) is 3.65. The molecule has 0 aromatic heterocycles. The fourth-order valence-corrected chi connectivity index (χ4v) is 3.65. The summed E-state index contributed by atoms with van der Waals surface area (Å²) in [6.45, 7) is 3.47. The molecule has 0 aliphatic heterocycles. The molecule has 1 aromatic rings. The molecule has 1 atom stereocenters. The molecule has 0 amide bonds. The maximum atomic E-state index is 3.78. The Hall–Kier alpha value is -0.820. The van der Waals surface area contributed by atoms with Gasteiger partial charge in [-0.15, -0.1) is 0 Å². The van der Waals surface area contributed by atoms with Crippen LogP contribution in [0.2, 0.25) is 0 Å². The summed E-state index contributed by atoms with van der Waals surface area (Å²) in [5, 5.41) is 3.78. The van der Waals surface area contributed by atoms with Crippen molar-refractivity contribution in [3.63, 3.8) is 0 Å². The maximum Gasteiger partial charge on any atom is 0.00683 e. The van der Waals surface area contributed by atoms with Crippen LogP contribution in [-0.2, 0) is 12.8 Å². The quantitative estimate of drug-likeness (QED) is 0.777. The minimum atomic E-state index is 0.848. The van der Waals surface area contributed by atoms with E-state index in [0.29, 0.717) is 0 Å². The van der Waals surface area contributed by atoms with E-state index in [1.165, 1.54) is 62.6 Å². The standard InChI is InChI=1S/C19H29N/c1-2-15-7-9-16(10-8-15)13-18(14-20-19-11-12-19)17-5-3-4-6-17/h7-10,17-20H,2-6,11-14H2,1H3. The largest absolute Gasteiger partial charge is 0.314 e. The lowest BCUT2D eigenvalue weighted by molar-refractivity contribution is 0.320. The maximum absolute atomic E-state index is 3.78. The number of hydrogen-bond donors (Lipinski definition) is 1. The molecule has 1 aromatic carbocycles. The Morgan fingerprint density at radius 1 is 1.00 bits per heavy atom. The van der Waals surface area contributed by atoms with E-state index < -0.39 is 0 Å². The van der Waals surface area contributed by atoms with Gasteiger partial charge in [0.15, 0.2) is 0 Å². The highest BCUT2D eigenvalue weighted by molar-refractivity contribution is 5.23. The van der Waals surface area contributed by atoms with Crippen molar-refractivity contribution >= 4 is 0 Å². The summed E-state index contributed by atoms with van der Waals surface area (Å²) in [7, 11) is 0. The number of hydrogen-bond acceptors (Lipinski definition) is 1. The van der Waals surface area contributed by atoms with E-state index in [0.717, 1.165) is 24.3 Å². The minimum absolute atomic E-state index is 0.848. The molecular formula is C19H29N. The Morgan fingerprint density at radius 2 is 1.65 bits per heavy atom. The van der Waals surface area contributed by atoms with Crippen molar-refractivity contribution in [2.75, 3.05) is 6.54 Å². The van der Waals surface area contributed by atoms with Crippen LogP contribution in [-0.4, -0.2) is 12.6 Å². The second kappa shape index (κ2) is 6.76. The predicted octanol–water partition coefficient (Wildman–Crippen LogP) is 4.35. The van der Waals surface area contributed by atoms with Crippen molar-refractivity contribution in [2.45, 2.75) is 64.3 Å². The minimum Gasteiger partial charge on any atom is -0.314 e. The summed E-state index contributed by atoms with van der Waals surface area (Å²) < 4.78 is 0. The topological polar surface area (TPSA) is 12.0 Å². The van der Waals surface area contributed by atoms with E-state index in [2.05, 4.69) is 36.5 Å². The highest BCUT2D eigenvalue weighted by atomic mass is 14.9. The molecule has 0 saturated heterocycles. The smallest absolute Gasteiger partial charge is 0.00683 e. The van der Waals surface area contributed by atoms with Crippen LogP contribution in [0.25, 0.3) is 0 Å². The molecule has 0 bridgehead atoms. The lowest BCUT2D eigenvalue weighted by Gasteiger charge is -2.24. The Morgan fingerprint density at radius 3 is 2.25 bits per heavy atom. The zero-order valence-corrected chi connectivity index (χ0v) is 12.9. The first-order valence-electron chi connectivity index (χ1n) is 8.66. The van der Waals surface area contributed by atoms with Crippen molar-refractivity contribution in [3.05, 3.63) is 35.4 Å². The van der Waals surface area contributed by atoms with Crippen molar-refractivity contribution in [1.29, 1.82) is 0 Å². The molecule has 2 aliphatic rings. The van der Waals surface area contributed by atoms with Gasteiger partial charge in [-0.05, 0) is 55.2 Å². The monoisotopic (exact) mass is 271 g/mol. The molecule has 0 heterocycles. The number of nitrogens with one attached hydrogen (secondary N) is 1. The summed E-state index contributed by atoms with van der Waals surface area (Å²) in [6, 6.07) is 10.2. The Labute approximate surface area is 124 Å². The SMILES string of the molecule is CCc1ccc(CC(CNC2CC2)C2CCCC2)cc1. The van der Waals surface area contributed by atoms with Gasteiger partial charge in [0.05, 0.1) is 0 Å². The van der Waals surface area contributed by atoms with Crippen LogP contribution in [0.4, 0.5) is 0 Å². The van der Waals surface area contributed by atoms with Gasteiger partial charge in [-0.25, -0.2) is 0 Å². The molecule has 1 nitrogen and oxygen atoms in total. The summed E-state index contributed by atoms with van der Waals surface area (Å²) >= 11 is 0. The van der Waals surface area contributed by atoms with Crippen LogP contribution >= 0.6 is 0 Å². The molecule has 2 aliphatic carbocycles. The summed E-state index contributed by atoms with van der Waals surface area (Å²) in [5.41, 5.74) is 3.00. The lowest BCUT2D eigenvalue weighted by Crippen LogP contribution is -2.30. The zero-order valence-electron chi connectivity index (χ0n) is 12.9. The molecule has 1 unspecified atom stereocenters. The molecule has 2 fully saturated rings. The predicted molar refractivity (Wildman–Crippen MR) is 86.0 cm³/mol. The van der Waals surface area contributed by atoms with Crippen LogP contribution in [0.1, 0.15) is 56.6 Å². The third kappa shape index (κ3) is 3.85. The van der Waals surface area contributed by atoms with E-state index in [-0.39, 0.29) is 0 Å². The van der Waals surface area contributed by atoms with Gasteiger partial charge in [0.1, 0.15) is 0 Å². The molecule has 0 spiro atoms. The number of rotatable bonds is 7. The molecule has 0 radical (unpaired) electrons. The van der Waals surface area contributed by atoms with E-state index >= 15 is 0 Å². The van der Waals surface area contributed by atoms with E-state index in [1.54, 1.807) is 0 Å². The van der Waals surface area contributed by atoms with Gasteiger partial charge in [-0.3, -0.25) is 0 Å². The van der Waals surface area contributed by atoms with Gasteiger partial charge in [0, 0.05) is 6.04 Å². The fraction of sp³-hybridized carbons (Fsp3) is 0.684. The average Bonchev–Trinajstić information content (AvgIpc) is 3.16. The van der Waals surface area contributed by atoms with E-state index in [1.807, 2.05) is 0 Å². The van der Waals surface area contributed by atoms with Crippen molar-refractivity contribution in [1.82, 2.24) is 5.32 Å². The van der Waals surface area contributed by atoms with Gasteiger partial charge in [-0.2, -0.15) is 0 Å². The molecule has 20 heavy (non-hydrogen) atoms. The van der Waals surface area contributed by atoms with E-state index in [4.69, 9.17) is 0 Å². The van der Waals surface area contributed by atoms with Gasteiger partial charge in [0.2, 0.25) is 0 Å². The summed E-state index contributed by atoms with van der Waals surface area (Å²) in [5.74, 6) is 1.82. The van der Waals surface area contributed by atoms with Crippen LogP contribution in [0.15, 0.2) is 24.3 Å². The van der Waals surface area contributed by atoms with Gasteiger partial charge in [0.25, 0.3) is 0 Å². The lowest BCUT2D eigenvalue weighted by atomic mass is 9.85. The Kier molecular flexibility index (Phi) is 4.77. The molecule has 2 saturated carbocycles. The Balaban J connectivity index is 1.60. The van der Waals surface area contributed by atoms with Gasteiger partial charge < -0.3 is 5.32 Å². The first-order valence-corrected chi connectivity index (χ1v) is 8.66. The Bertz CT molecular complexity index is 398. The molecule has 1 heteroatoms. The second-order valence-electron chi connectivity index (χ2n) is 6.86. The third-order valence-electron chi connectivity index (χ3n) is 5.24. The van der Waals surface area contributed by atoms with E-state index in [9.17, 15) is 0 Å². The normalized spacial score (nSPS) is 21.2. The van der Waals surface area contributed by atoms with Crippen LogP contribution in [0, 0.1) is 11.8 Å². The number of benzene rings is 1. The van der Waals surface area contributed by atoms with Crippen LogP contribution < -0.4 is 5.32 Å².